The Balaban J connectivity index is -0.000000982. The monoisotopic (exact) mass is 1000 g/mol. The zero-order valence-electron chi connectivity index (χ0n) is 48.4. The standard InChI is InChI=1S/2C23H44O2.C19H36O2/c1-3-4-5-6-7-8-9-10-11-12-13-14-15-16-17-18-19-20-21-22(2)23(24)25;1-3-5-6-7-8-9-10-11-12-13-14-15-16-17-18-19-20-21-22-25-23(24)4-2;1-4-19(20)21-17-15-13-11-9-7-5-6-8-10-12-14-16-18(2)3/h2-21H2,1H3,(H,24,25);4H,2-3,5-22H2,1H3;4,18H,1,5-17H2,2-3H3. The van der Waals surface area contributed by atoms with Crippen molar-refractivity contribution in [3.63, 3.8) is 0 Å². The zero-order chi connectivity index (χ0) is 52.8. The van der Waals surface area contributed by atoms with E-state index in [2.05, 4.69) is 47.4 Å². The molecule has 6 nitrogen and oxygen atoms in total. The molecule has 0 aromatic rings. The van der Waals surface area contributed by atoms with E-state index in [9.17, 15) is 14.4 Å². The average Bonchev–Trinajstić information content (AvgIpc) is 3.36. The number of carbonyl (C=O) groups is 3. The lowest BCUT2D eigenvalue weighted by Gasteiger charge is -2.05. The van der Waals surface area contributed by atoms with Gasteiger partial charge in [0.1, 0.15) is 0 Å². The third-order valence-corrected chi connectivity index (χ3v) is 13.9. The van der Waals surface area contributed by atoms with Gasteiger partial charge in [0.05, 0.1) is 13.2 Å². The van der Waals surface area contributed by atoms with E-state index in [0.29, 0.717) is 25.2 Å². The molecule has 0 aliphatic rings. The summed E-state index contributed by atoms with van der Waals surface area (Å²) in [5.74, 6) is -0.576. The van der Waals surface area contributed by atoms with Crippen LogP contribution in [0.1, 0.15) is 342 Å². The lowest BCUT2D eigenvalue weighted by molar-refractivity contribution is -0.138. The van der Waals surface area contributed by atoms with Crippen molar-refractivity contribution in [1.29, 1.82) is 0 Å². The summed E-state index contributed by atoms with van der Waals surface area (Å²) in [5, 5.41) is 8.73. The van der Waals surface area contributed by atoms with E-state index in [4.69, 9.17) is 14.6 Å². The molecule has 0 atom stereocenters. The fourth-order valence-corrected chi connectivity index (χ4v) is 9.06. The summed E-state index contributed by atoms with van der Waals surface area (Å²) in [4.78, 5) is 32.3. The highest BCUT2D eigenvalue weighted by atomic mass is 16.5. The van der Waals surface area contributed by atoms with Gasteiger partial charge in [-0.05, 0) is 31.6 Å². The molecule has 0 rings (SSSR count). The summed E-state index contributed by atoms with van der Waals surface area (Å²) >= 11 is 0. The third kappa shape index (κ3) is 71.9. The lowest BCUT2D eigenvalue weighted by Crippen LogP contribution is -2.01. The largest absolute Gasteiger partial charge is 0.478 e. The fraction of sp³-hybridized carbons (Fsp3) is 0.862. The fourth-order valence-electron chi connectivity index (χ4n) is 9.06. The highest BCUT2D eigenvalue weighted by molar-refractivity contribution is 5.85. The van der Waals surface area contributed by atoms with Crippen LogP contribution in [-0.2, 0) is 23.9 Å². The van der Waals surface area contributed by atoms with Gasteiger partial charge in [-0.15, -0.1) is 0 Å². The van der Waals surface area contributed by atoms with E-state index in [-0.39, 0.29) is 11.9 Å². The van der Waals surface area contributed by atoms with Gasteiger partial charge in [0.2, 0.25) is 0 Å². The first-order chi connectivity index (χ1) is 34.7. The lowest BCUT2D eigenvalue weighted by atomic mass is 10.0. The molecule has 0 aliphatic heterocycles. The molecule has 71 heavy (non-hydrogen) atoms. The Morgan fingerprint density at radius 1 is 0.366 bits per heavy atom. The Hall–Kier alpha value is -2.37. The first-order valence-corrected chi connectivity index (χ1v) is 31.1. The van der Waals surface area contributed by atoms with Crippen molar-refractivity contribution >= 4 is 17.9 Å². The van der Waals surface area contributed by atoms with Crippen molar-refractivity contribution in [2.75, 3.05) is 13.2 Å². The van der Waals surface area contributed by atoms with Gasteiger partial charge < -0.3 is 14.6 Å². The molecule has 1 N–H and O–H groups in total. The van der Waals surface area contributed by atoms with Gasteiger partial charge in [-0.1, -0.05) is 336 Å². The van der Waals surface area contributed by atoms with E-state index in [1.165, 1.54) is 295 Å². The molecule has 0 aromatic heterocycles. The number of carboxylic acids is 1. The van der Waals surface area contributed by atoms with Crippen LogP contribution in [0.5, 0.6) is 0 Å². The molecular weight excluding hydrogens is 877 g/mol. The predicted octanol–water partition coefficient (Wildman–Crippen LogP) is 21.9. The zero-order valence-corrected chi connectivity index (χ0v) is 48.4. The summed E-state index contributed by atoms with van der Waals surface area (Å²) in [6.07, 6.45) is 68.2. The number of unbranched alkanes of at least 4 members (excludes halogenated alkanes) is 44. The molecule has 0 amide bonds. The van der Waals surface area contributed by atoms with Crippen molar-refractivity contribution < 1.29 is 29.0 Å². The normalized spacial score (nSPS) is 10.8. The molecule has 0 unspecified atom stereocenters. The highest BCUT2D eigenvalue weighted by Crippen LogP contribution is 2.18. The van der Waals surface area contributed by atoms with Gasteiger partial charge in [0.25, 0.3) is 0 Å². The SMILES string of the molecule is C=C(CCCCCCCCCCCCCCCCCCCC)C(=O)O.C=CC(=O)OCCCCCCCCCCCCCC(C)C.C=CC(=O)OCCCCCCCCCCCCCCCCCCCC. The molecule has 0 bridgehead atoms. The van der Waals surface area contributed by atoms with Crippen molar-refractivity contribution in [3.05, 3.63) is 37.5 Å². The van der Waals surface area contributed by atoms with Crippen LogP contribution in [-0.4, -0.2) is 36.2 Å². The number of esters is 2. The van der Waals surface area contributed by atoms with Crippen LogP contribution < -0.4 is 0 Å². The van der Waals surface area contributed by atoms with Crippen LogP contribution in [0, 0.1) is 5.92 Å². The van der Waals surface area contributed by atoms with Crippen molar-refractivity contribution in [1.82, 2.24) is 0 Å². The Morgan fingerprint density at radius 3 is 0.789 bits per heavy atom. The van der Waals surface area contributed by atoms with Crippen LogP contribution in [0.3, 0.4) is 0 Å². The number of carboxylic acid groups (broad SMARTS) is 1. The van der Waals surface area contributed by atoms with E-state index in [1.807, 2.05) is 0 Å². The Morgan fingerprint density at radius 2 is 0.577 bits per heavy atom. The van der Waals surface area contributed by atoms with Crippen molar-refractivity contribution in [2.24, 2.45) is 5.92 Å². The Labute approximate surface area is 444 Å². The van der Waals surface area contributed by atoms with Crippen LogP contribution in [0.2, 0.25) is 0 Å². The maximum atomic E-state index is 10.9. The maximum Gasteiger partial charge on any atom is 0.330 e. The molecule has 0 spiro atoms. The average molecular weight is 1000 g/mol. The van der Waals surface area contributed by atoms with E-state index < -0.39 is 5.97 Å². The van der Waals surface area contributed by atoms with Gasteiger partial charge in [0, 0.05) is 17.7 Å². The molecule has 0 heterocycles. The van der Waals surface area contributed by atoms with Crippen LogP contribution in [0.15, 0.2) is 37.5 Å². The summed E-state index contributed by atoms with van der Waals surface area (Å²) < 4.78 is 9.90. The van der Waals surface area contributed by atoms with E-state index in [1.54, 1.807) is 0 Å². The second-order valence-corrected chi connectivity index (χ2v) is 21.5. The van der Waals surface area contributed by atoms with E-state index >= 15 is 0 Å². The highest BCUT2D eigenvalue weighted by Gasteiger charge is 2.03. The quantitative estimate of drug-likeness (QED) is 0.0371. The molecule has 6 heteroatoms. The van der Waals surface area contributed by atoms with Gasteiger partial charge in [-0.25, -0.2) is 14.4 Å². The molecule has 0 saturated heterocycles. The smallest absolute Gasteiger partial charge is 0.330 e. The number of rotatable bonds is 55. The third-order valence-electron chi connectivity index (χ3n) is 13.9. The molecule has 0 radical (unpaired) electrons. The Kier molecular flexibility index (Phi) is 67.4. The second-order valence-electron chi connectivity index (χ2n) is 21.5. The number of hydrogen-bond acceptors (Lipinski definition) is 5. The number of carbonyl (C=O) groups excluding carboxylic acids is 2. The molecule has 0 fully saturated rings. The molecule has 420 valence electrons. The van der Waals surface area contributed by atoms with Crippen LogP contribution in [0.4, 0.5) is 0 Å². The molecule has 0 aromatic carbocycles. The van der Waals surface area contributed by atoms with Gasteiger partial charge >= 0.3 is 17.9 Å². The number of hydrogen-bond donors (Lipinski definition) is 1. The summed E-state index contributed by atoms with van der Waals surface area (Å²) in [6.45, 7) is 20.6. The first kappa shape index (κ1) is 72.9. The maximum absolute atomic E-state index is 10.9. The topological polar surface area (TPSA) is 89.9 Å². The molecular formula is C65H124O6. The molecule has 0 saturated carbocycles. The van der Waals surface area contributed by atoms with Crippen LogP contribution in [0.25, 0.3) is 0 Å². The summed E-state index contributed by atoms with van der Waals surface area (Å²) in [5.41, 5.74) is 0.358. The number of ether oxygens (including phenoxy) is 2. The van der Waals surface area contributed by atoms with Gasteiger partial charge in [0.15, 0.2) is 0 Å². The van der Waals surface area contributed by atoms with Gasteiger partial charge in [-0.3, -0.25) is 0 Å². The first-order valence-electron chi connectivity index (χ1n) is 31.1. The van der Waals surface area contributed by atoms with E-state index in [0.717, 1.165) is 31.6 Å². The molecule has 0 aliphatic carbocycles. The Bertz CT molecular complexity index is 1110. The second kappa shape index (κ2) is 65.6. The van der Waals surface area contributed by atoms with Crippen molar-refractivity contribution in [3.8, 4) is 0 Å². The van der Waals surface area contributed by atoms with Gasteiger partial charge in [-0.2, -0.15) is 0 Å². The minimum Gasteiger partial charge on any atom is -0.478 e. The summed E-state index contributed by atoms with van der Waals surface area (Å²) in [7, 11) is 0. The number of aliphatic carboxylic acids is 1. The predicted molar refractivity (Wildman–Crippen MR) is 312 cm³/mol. The van der Waals surface area contributed by atoms with Crippen LogP contribution >= 0.6 is 0 Å². The minimum absolute atomic E-state index is 0.299. The summed E-state index contributed by atoms with van der Waals surface area (Å²) in [6, 6.07) is 0. The minimum atomic E-state index is -0.841. The van der Waals surface area contributed by atoms with Crippen molar-refractivity contribution in [2.45, 2.75) is 342 Å².